The van der Waals surface area contributed by atoms with Gasteiger partial charge in [0.2, 0.25) is 0 Å². The van der Waals surface area contributed by atoms with Crippen LogP contribution in [0.5, 0.6) is 0 Å². The molecule has 0 aromatic carbocycles. The van der Waals surface area contributed by atoms with Crippen molar-refractivity contribution in [3.05, 3.63) is 12.2 Å². The fraction of sp³-hybridized carbons (Fsp3) is 0.400. The van der Waals surface area contributed by atoms with Crippen LogP contribution in [0.15, 0.2) is 12.2 Å². The first-order chi connectivity index (χ1) is 8.13. The Labute approximate surface area is 97.0 Å². The van der Waals surface area contributed by atoms with Crippen molar-refractivity contribution in [2.75, 3.05) is 26.3 Å². The molecule has 1 amide bonds. The van der Waals surface area contributed by atoms with Crippen molar-refractivity contribution < 1.29 is 28.7 Å². The third-order valence-corrected chi connectivity index (χ3v) is 1.95. The standard InChI is InChI=1S/C10H11NO6/c12-4-1-2-9(14)16-5-3-11-6-10(15)17-7-8(11)13/h1-2,4H,3,5-7H2/b2-1+. The number of hydrogen-bond donors (Lipinski definition) is 0. The van der Waals surface area contributed by atoms with Gasteiger partial charge in [0.25, 0.3) is 5.91 Å². The van der Waals surface area contributed by atoms with Crippen molar-refractivity contribution in [1.82, 2.24) is 4.90 Å². The first-order valence-electron chi connectivity index (χ1n) is 4.85. The molecule has 1 rings (SSSR count). The number of carbonyl (C=O) groups is 4. The van der Waals surface area contributed by atoms with Gasteiger partial charge in [-0.1, -0.05) is 0 Å². The number of esters is 2. The third-order valence-electron chi connectivity index (χ3n) is 1.95. The van der Waals surface area contributed by atoms with Crippen LogP contribution in [0.4, 0.5) is 0 Å². The molecule has 0 saturated carbocycles. The van der Waals surface area contributed by atoms with Crippen LogP contribution in [0.2, 0.25) is 0 Å². The minimum Gasteiger partial charge on any atom is -0.461 e. The van der Waals surface area contributed by atoms with Gasteiger partial charge in [-0.05, 0) is 6.08 Å². The van der Waals surface area contributed by atoms with Crippen LogP contribution in [-0.2, 0) is 28.7 Å². The minimum absolute atomic E-state index is 0.0406. The maximum absolute atomic E-state index is 11.2. The summed E-state index contributed by atoms with van der Waals surface area (Å²) in [6.07, 6.45) is 2.43. The Balaban J connectivity index is 2.28. The van der Waals surface area contributed by atoms with E-state index in [1.807, 2.05) is 0 Å². The molecule has 1 saturated heterocycles. The Morgan fingerprint density at radius 1 is 1.47 bits per heavy atom. The quantitative estimate of drug-likeness (QED) is 0.336. The predicted octanol–water partition coefficient (Wildman–Crippen LogP) is -1.33. The fourth-order valence-electron chi connectivity index (χ4n) is 1.15. The molecule has 1 heterocycles. The van der Waals surface area contributed by atoms with Crippen molar-refractivity contribution >= 4 is 24.1 Å². The molecular weight excluding hydrogens is 230 g/mol. The van der Waals surface area contributed by atoms with Crippen LogP contribution >= 0.6 is 0 Å². The first kappa shape index (κ1) is 12.9. The highest BCUT2D eigenvalue weighted by molar-refractivity contribution is 5.88. The van der Waals surface area contributed by atoms with E-state index >= 15 is 0 Å². The number of allylic oxidation sites excluding steroid dienone is 1. The highest BCUT2D eigenvalue weighted by Gasteiger charge is 2.24. The van der Waals surface area contributed by atoms with E-state index < -0.39 is 11.9 Å². The van der Waals surface area contributed by atoms with E-state index in [1.165, 1.54) is 4.90 Å². The Morgan fingerprint density at radius 2 is 2.24 bits per heavy atom. The molecule has 0 aliphatic carbocycles. The largest absolute Gasteiger partial charge is 0.461 e. The first-order valence-corrected chi connectivity index (χ1v) is 4.85. The number of amides is 1. The summed E-state index contributed by atoms with van der Waals surface area (Å²) >= 11 is 0. The zero-order valence-electron chi connectivity index (χ0n) is 8.96. The molecule has 0 aromatic heterocycles. The molecule has 0 aromatic rings. The van der Waals surface area contributed by atoms with Crippen molar-refractivity contribution in [2.24, 2.45) is 0 Å². The molecule has 0 bridgehead atoms. The van der Waals surface area contributed by atoms with Crippen LogP contribution < -0.4 is 0 Å². The van der Waals surface area contributed by atoms with Gasteiger partial charge in [0.15, 0.2) is 6.61 Å². The monoisotopic (exact) mass is 241 g/mol. The molecular formula is C10H11NO6. The topological polar surface area (TPSA) is 90.0 Å². The molecule has 1 fully saturated rings. The lowest BCUT2D eigenvalue weighted by Gasteiger charge is -2.25. The van der Waals surface area contributed by atoms with Gasteiger partial charge in [-0.2, -0.15) is 0 Å². The van der Waals surface area contributed by atoms with Gasteiger partial charge < -0.3 is 14.4 Å². The SMILES string of the molecule is O=C/C=C/C(=O)OCCN1CC(=O)OCC1=O. The molecule has 92 valence electrons. The molecule has 1 aliphatic heterocycles. The lowest BCUT2D eigenvalue weighted by Crippen LogP contribution is -2.45. The summed E-state index contributed by atoms with van der Waals surface area (Å²) in [6, 6.07) is 0. The normalized spacial score (nSPS) is 15.9. The Hall–Kier alpha value is -2.18. The zero-order valence-corrected chi connectivity index (χ0v) is 8.96. The number of hydrogen-bond acceptors (Lipinski definition) is 6. The van der Waals surface area contributed by atoms with E-state index in [0.29, 0.717) is 6.29 Å². The van der Waals surface area contributed by atoms with Crippen LogP contribution in [0.3, 0.4) is 0 Å². The maximum atomic E-state index is 11.2. The molecule has 7 nitrogen and oxygen atoms in total. The summed E-state index contributed by atoms with van der Waals surface area (Å²) in [5.74, 6) is -1.50. The van der Waals surface area contributed by atoms with E-state index in [9.17, 15) is 19.2 Å². The van der Waals surface area contributed by atoms with Crippen molar-refractivity contribution in [3.63, 3.8) is 0 Å². The molecule has 0 atom stereocenters. The molecule has 0 unspecified atom stereocenters. The average Bonchev–Trinajstić information content (AvgIpc) is 2.31. The van der Waals surface area contributed by atoms with Gasteiger partial charge >= 0.3 is 11.9 Å². The highest BCUT2D eigenvalue weighted by Crippen LogP contribution is 1.99. The second-order valence-electron chi connectivity index (χ2n) is 3.14. The van der Waals surface area contributed by atoms with Gasteiger partial charge in [0.05, 0.1) is 6.54 Å². The number of nitrogens with zero attached hydrogens (tertiary/aromatic N) is 1. The number of morpholine rings is 1. The van der Waals surface area contributed by atoms with Crippen molar-refractivity contribution in [3.8, 4) is 0 Å². The summed E-state index contributed by atoms with van der Waals surface area (Å²) in [6.45, 7) is -0.339. The van der Waals surface area contributed by atoms with Gasteiger partial charge in [0, 0.05) is 6.08 Å². The minimum atomic E-state index is -0.677. The second-order valence-corrected chi connectivity index (χ2v) is 3.14. The number of rotatable bonds is 5. The summed E-state index contributed by atoms with van der Waals surface area (Å²) in [5, 5.41) is 0. The van der Waals surface area contributed by atoms with Crippen molar-refractivity contribution in [2.45, 2.75) is 0 Å². The second kappa shape index (κ2) is 6.41. The Bertz CT molecular complexity index is 362. The van der Waals surface area contributed by atoms with Gasteiger partial charge in [-0.3, -0.25) is 14.4 Å². The van der Waals surface area contributed by atoms with Crippen LogP contribution in [0.25, 0.3) is 0 Å². The summed E-state index contributed by atoms with van der Waals surface area (Å²) < 4.78 is 9.21. The molecule has 7 heteroatoms. The summed E-state index contributed by atoms with van der Waals surface area (Å²) in [7, 11) is 0. The molecule has 1 aliphatic rings. The Morgan fingerprint density at radius 3 is 2.94 bits per heavy atom. The van der Waals surface area contributed by atoms with Crippen LogP contribution in [0.1, 0.15) is 0 Å². The van der Waals surface area contributed by atoms with Gasteiger partial charge in [0.1, 0.15) is 19.4 Å². The lowest BCUT2D eigenvalue weighted by molar-refractivity contribution is -0.163. The van der Waals surface area contributed by atoms with Crippen LogP contribution in [-0.4, -0.2) is 55.3 Å². The van der Waals surface area contributed by atoms with Crippen molar-refractivity contribution in [1.29, 1.82) is 0 Å². The van der Waals surface area contributed by atoms with E-state index in [2.05, 4.69) is 4.74 Å². The maximum Gasteiger partial charge on any atom is 0.330 e. The van der Waals surface area contributed by atoms with Gasteiger partial charge in [-0.25, -0.2) is 4.79 Å². The lowest BCUT2D eigenvalue weighted by atomic mass is 10.4. The fourth-order valence-corrected chi connectivity index (χ4v) is 1.15. The molecule has 17 heavy (non-hydrogen) atoms. The van der Waals surface area contributed by atoms with E-state index in [-0.39, 0.29) is 32.2 Å². The van der Waals surface area contributed by atoms with E-state index in [0.717, 1.165) is 12.2 Å². The molecule has 0 radical (unpaired) electrons. The number of carbonyl (C=O) groups excluding carboxylic acids is 4. The van der Waals surface area contributed by atoms with Gasteiger partial charge in [-0.15, -0.1) is 0 Å². The average molecular weight is 241 g/mol. The number of cyclic esters (lactones) is 1. The predicted molar refractivity (Wildman–Crippen MR) is 53.7 cm³/mol. The van der Waals surface area contributed by atoms with Crippen LogP contribution in [0, 0.1) is 0 Å². The summed E-state index contributed by atoms with van der Waals surface area (Å²) in [4.78, 5) is 44.2. The third kappa shape index (κ3) is 4.45. The zero-order chi connectivity index (χ0) is 12.7. The number of aldehydes is 1. The summed E-state index contributed by atoms with van der Waals surface area (Å²) in [5.41, 5.74) is 0. The van der Waals surface area contributed by atoms with E-state index in [1.54, 1.807) is 0 Å². The highest BCUT2D eigenvalue weighted by atomic mass is 16.5. The Kier molecular flexibility index (Phi) is 4.86. The van der Waals surface area contributed by atoms with E-state index in [4.69, 9.17) is 4.74 Å². The molecule has 0 N–H and O–H groups in total. The smallest absolute Gasteiger partial charge is 0.330 e. The number of ether oxygens (including phenoxy) is 2. The molecule has 0 spiro atoms.